The Morgan fingerprint density at radius 1 is 0.281 bits per heavy atom. The minimum absolute atomic E-state index is 0.108. The first-order valence-corrected chi connectivity index (χ1v) is 43.0. The van der Waals surface area contributed by atoms with E-state index in [9.17, 15) is 43.2 Å². The number of ether oxygens (including phenoxy) is 4. The van der Waals surface area contributed by atoms with Crippen LogP contribution < -0.4 is 0 Å². The maximum atomic E-state index is 13.1. The molecular formula is C77H150O17P2. The van der Waals surface area contributed by atoms with Gasteiger partial charge >= 0.3 is 39.5 Å². The molecule has 19 heteroatoms. The van der Waals surface area contributed by atoms with Crippen LogP contribution in [0.2, 0.25) is 0 Å². The summed E-state index contributed by atoms with van der Waals surface area (Å²) in [7, 11) is -9.91. The fourth-order valence-electron chi connectivity index (χ4n) is 11.8. The van der Waals surface area contributed by atoms with Crippen molar-refractivity contribution < 1.29 is 80.2 Å². The minimum atomic E-state index is -4.96. The molecule has 0 fully saturated rings. The van der Waals surface area contributed by atoms with E-state index in [-0.39, 0.29) is 25.7 Å². The maximum Gasteiger partial charge on any atom is 0.472 e. The van der Waals surface area contributed by atoms with Gasteiger partial charge in [0.25, 0.3) is 0 Å². The number of carbonyl (C=O) groups is 4. The first kappa shape index (κ1) is 94.1. The monoisotopic (exact) mass is 1410 g/mol. The lowest BCUT2D eigenvalue weighted by Crippen LogP contribution is -2.30. The number of rotatable bonds is 76. The molecule has 0 aliphatic heterocycles. The zero-order valence-corrected chi connectivity index (χ0v) is 64.5. The van der Waals surface area contributed by atoms with Crippen LogP contribution in [0, 0.1) is 11.8 Å². The molecule has 0 spiro atoms. The SMILES string of the molecule is CCCCCCCCCCCCCCCCCC(=O)O[C@H](COC(=O)CCCCCCCCC)COP(=O)(O)OC[C@H](O)COP(=O)(O)OC[C@@H](COC(=O)CCCCCCCCCCCCCCC(C)C)OC(=O)CCCCCCCCCCCCCCCCCCC(C)C. The van der Waals surface area contributed by atoms with Crippen LogP contribution in [-0.2, 0) is 65.4 Å². The number of phosphoric ester groups is 2. The molecule has 0 aliphatic carbocycles. The van der Waals surface area contributed by atoms with Crippen LogP contribution in [0.1, 0.15) is 401 Å². The average molecular weight is 1410 g/mol. The lowest BCUT2D eigenvalue weighted by molar-refractivity contribution is -0.161. The van der Waals surface area contributed by atoms with Gasteiger partial charge < -0.3 is 33.8 Å². The summed E-state index contributed by atoms with van der Waals surface area (Å²) in [6.07, 6.45) is 57.0. The summed E-state index contributed by atoms with van der Waals surface area (Å²) >= 11 is 0. The highest BCUT2D eigenvalue weighted by atomic mass is 31.2. The number of hydrogen-bond acceptors (Lipinski definition) is 15. The number of aliphatic hydroxyl groups is 1. The summed E-state index contributed by atoms with van der Waals surface area (Å²) in [6.45, 7) is 9.61. The Kier molecular flexibility index (Phi) is 67.4. The largest absolute Gasteiger partial charge is 0.472 e. The molecule has 0 aromatic rings. The second-order valence-corrected chi connectivity index (χ2v) is 31.6. The zero-order valence-electron chi connectivity index (χ0n) is 62.7. The van der Waals surface area contributed by atoms with Crippen LogP contribution in [0.5, 0.6) is 0 Å². The topological polar surface area (TPSA) is 237 Å². The Morgan fingerprint density at radius 2 is 0.479 bits per heavy atom. The van der Waals surface area contributed by atoms with Crippen molar-refractivity contribution in [1.82, 2.24) is 0 Å². The van der Waals surface area contributed by atoms with Crippen LogP contribution in [0.15, 0.2) is 0 Å². The van der Waals surface area contributed by atoms with E-state index >= 15 is 0 Å². The van der Waals surface area contributed by atoms with Crippen molar-refractivity contribution in [1.29, 1.82) is 0 Å². The third kappa shape index (κ3) is 70.5. The minimum Gasteiger partial charge on any atom is -0.462 e. The van der Waals surface area contributed by atoms with E-state index in [0.29, 0.717) is 25.7 Å². The van der Waals surface area contributed by atoms with E-state index in [1.54, 1.807) is 0 Å². The van der Waals surface area contributed by atoms with Crippen molar-refractivity contribution in [3.05, 3.63) is 0 Å². The first-order chi connectivity index (χ1) is 46.4. The van der Waals surface area contributed by atoms with Crippen LogP contribution in [0.3, 0.4) is 0 Å². The number of hydrogen-bond donors (Lipinski definition) is 3. The predicted octanol–water partition coefficient (Wildman–Crippen LogP) is 22.7. The fraction of sp³-hybridized carbons (Fsp3) is 0.948. The third-order valence-electron chi connectivity index (χ3n) is 18.0. The molecule has 0 aromatic carbocycles. The fourth-order valence-corrected chi connectivity index (χ4v) is 13.4. The molecule has 3 N–H and O–H groups in total. The van der Waals surface area contributed by atoms with E-state index in [4.69, 9.17) is 37.0 Å². The average Bonchev–Trinajstić information content (AvgIpc) is 2.54. The number of aliphatic hydroxyl groups excluding tert-OH is 1. The highest BCUT2D eigenvalue weighted by molar-refractivity contribution is 7.47. The Morgan fingerprint density at radius 3 is 0.708 bits per heavy atom. The molecular weight excluding hydrogens is 1260 g/mol. The molecule has 570 valence electrons. The molecule has 0 aliphatic rings. The quantitative estimate of drug-likeness (QED) is 0.0222. The van der Waals surface area contributed by atoms with E-state index in [1.807, 2.05) is 0 Å². The lowest BCUT2D eigenvalue weighted by Gasteiger charge is -2.21. The van der Waals surface area contributed by atoms with Gasteiger partial charge in [0.2, 0.25) is 0 Å². The van der Waals surface area contributed by atoms with E-state index in [2.05, 4.69) is 41.5 Å². The van der Waals surface area contributed by atoms with Crippen molar-refractivity contribution >= 4 is 39.5 Å². The molecule has 0 aromatic heterocycles. The molecule has 0 bridgehead atoms. The number of phosphoric acid groups is 2. The van der Waals surface area contributed by atoms with Crippen molar-refractivity contribution in [2.75, 3.05) is 39.6 Å². The van der Waals surface area contributed by atoms with Crippen LogP contribution in [-0.4, -0.2) is 96.7 Å². The summed E-state index contributed by atoms with van der Waals surface area (Å²) in [4.78, 5) is 72.7. The Bertz CT molecular complexity index is 1860. The zero-order chi connectivity index (χ0) is 70.7. The van der Waals surface area contributed by atoms with Crippen molar-refractivity contribution in [2.24, 2.45) is 11.8 Å². The van der Waals surface area contributed by atoms with E-state index in [0.717, 1.165) is 115 Å². The standard InChI is InChI=1S/C77H150O17P2/c1-7-9-11-13-15-16-17-18-21-25-32-37-43-49-55-61-76(81)93-72(65-87-74(79)59-53-47-39-14-12-10-8-2)67-91-95(83,84)89-63-71(78)64-90-96(85,86)92-68-73(66-88-75(80)60-54-48-42-36-31-28-27-30-35-41-46-52-58-70(5)6)94-77(82)62-56-50-44-38-33-26-23-20-19-22-24-29-34-40-45-51-57-69(3)4/h69-73,78H,7-68H2,1-6H3,(H,83,84)(H,85,86)/t71-,72+,73+/m0/s1. The normalized spacial score (nSPS) is 14.0. The van der Waals surface area contributed by atoms with Gasteiger partial charge in [-0.1, -0.05) is 350 Å². The molecule has 2 unspecified atom stereocenters. The summed E-state index contributed by atoms with van der Waals surface area (Å²) < 4.78 is 68.5. The molecule has 96 heavy (non-hydrogen) atoms. The van der Waals surface area contributed by atoms with E-state index < -0.39 is 97.5 Å². The van der Waals surface area contributed by atoms with Crippen LogP contribution >= 0.6 is 15.6 Å². The lowest BCUT2D eigenvalue weighted by atomic mass is 10.0. The number of esters is 4. The molecule has 17 nitrogen and oxygen atoms in total. The molecule has 0 saturated carbocycles. The highest BCUT2D eigenvalue weighted by Crippen LogP contribution is 2.45. The van der Waals surface area contributed by atoms with Gasteiger partial charge in [-0.3, -0.25) is 37.3 Å². The Hall–Kier alpha value is -1.94. The van der Waals surface area contributed by atoms with Gasteiger partial charge in [-0.25, -0.2) is 9.13 Å². The number of carbonyl (C=O) groups excluding carboxylic acids is 4. The molecule has 0 heterocycles. The van der Waals surface area contributed by atoms with E-state index in [1.165, 1.54) is 205 Å². The van der Waals surface area contributed by atoms with Crippen molar-refractivity contribution in [2.45, 2.75) is 419 Å². The van der Waals surface area contributed by atoms with Crippen LogP contribution in [0.25, 0.3) is 0 Å². The maximum absolute atomic E-state index is 13.1. The molecule has 0 saturated heterocycles. The Labute approximate surface area is 588 Å². The van der Waals surface area contributed by atoms with Crippen LogP contribution in [0.4, 0.5) is 0 Å². The van der Waals surface area contributed by atoms with Gasteiger partial charge in [-0.05, 0) is 37.5 Å². The van der Waals surface area contributed by atoms with Gasteiger partial charge in [0.05, 0.1) is 26.4 Å². The summed E-state index contributed by atoms with van der Waals surface area (Å²) in [5.74, 6) is -0.526. The van der Waals surface area contributed by atoms with Crippen molar-refractivity contribution in [3.63, 3.8) is 0 Å². The van der Waals surface area contributed by atoms with Gasteiger partial charge in [-0.15, -0.1) is 0 Å². The van der Waals surface area contributed by atoms with Gasteiger partial charge in [-0.2, -0.15) is 0 Å². The van der Waals surface area contributed by atoms with Gasteiger partial charge in [0, 0.05) is 25.7 Å². The number of unbranched alkanes of at least 4 members (excludes halogenated alkanes) is 46. The first-order valence-electron chi connectivity index (χ1n) is 40.0. The molecule has 0 rings (SSSR count). The smallest absolute Gasteiger partial charge is 0.462 e. The second kappa shape index (κ2) is 68.8. The Balaban J connectivity index is 5.19. The van der Waals surface area contributed by atoms with Gasteiger partial charge in [0.1, 0.15) is 19.3 Å². The summed E-state index contributed by atoms with van der Waals surface area (Å²) in [5, 5.41) is 10.6. The third-order valence-corrected chi connectivity index (χ3v) is 19.9. The highest BCUT2D eigenvalue weighted by Gasteiger charge is 2.30. The van der Waals surface area contributed by atoms with Crippen molar-refractivity contribution in [3.8, 4) is 0 Å². The molecule has 0 amide bonds. The molecule has 0 radical (unpaired) electrons. The summed E-state index contributed by atoms with van der Waals surface area (Å²) in [6, 6.07) is 0. The second-order valence-electron chi connectivity index (χ2n) is 28.7. The molecule has 5 atom stereocenters. The summed E-state index contributed by atoms with van der Waals surface area (Å²) in [5.41, 5.74) is 0. The predicted molar refractivity (Wildman–Crippen MR) is 391 cm³/mol. The van der Waals surface area contributed by atoms with Gasteiger partial charge in [0.15, 0.2) is 12.2 Å².